The average Bonchev–Trinajstić information content (AvgIpc) is 2.67. The summed E-state index contributed by atoms with van der Waals surface area (Å²) >= 11 is 0.234. The van der Waals surface area contributed by atoms with Gasteiger partial charge in [-0.3, -0.25) is 9.59 Å². The fraction of sp³-hybridized carbons (Fsp3) is 0.250. The quantitative estimate of drug-likeness (QED) is 0.621. The first-order valence-corrected chi connectivity index (χ1v) is 9.21. The highest BCUT2D eigenvalue weighted by Crippen LogP contribution is 2.23. The molecule has 1 N–H and O–H groups in total. The number of amides is 2. The van der Waals surface area contributed by atoms with Crippen molar-refractivity contribution in [2.75, 3.05) is 0 Å². The normalized spacial score (nSPS) is 17.4. The van der Waals surface area contributed by atoms with Gasteiger partial charge in [0.05, 0.1) is 6.04 Å². The molecule has 0 bridgehead atoms. The van der Waals surface area contributed by atoms with E-state index in [2.05, 4.69) is 5.32 Å². The highest BCUT2D eigenvalue weighted by atomic mass is 32.1. The fourth-order valence-electron chi connectivity index (χ4n) is 3.10. The first-order valence-electron chi connectivity index (χ1n) is 8.46. The Morgan fingerprint density at radius 3 is 2.23 bits per heavy atom. The molecule has 26 heavy (non-hydrogen) atoms. The van der Waals surface area contributed by atoms with Gasteiger partial charge in [0.2, 0.25) is 5.91 Å². The van der Waals surface area contributed by atoms with E-state index in [1.807, 2.05) is 60.7 Å². The van der Waals surface area contributed by atoms with Crippen molar-refractivity contribution in [3.05, 3.63) is 71.8 Å². The molecule has 0 saturated carbocycles. The van der Waals surface area contributed by atoms with Crippen LogP contribution in [-0.4, -0.2) is 37.9 Å². The van der Waals surface area contributed by atoms with Crippen molar-refractivity contribution in [1.29, 1.82) is 0 Å². The highest BCUT2D eigenvalue weighted by Gasteiger charge is 2.47. The molecule has 2 unspecified atom stereocenters. The molecule has 6 heteroatoms. The molecule has 1 aliphatic heterocycles. The molecule has 3 rings (SSSR count). The van der Waals surface area contributed by atoms with Crippen molar-refractivity contribution < 1.29 is 13.8 Å². The van der Waals surface area contributed by atoms with E-state index in [0.717, 1.165) is 11.1 Å². The fourth-order valence-corrected chi connectivity index (χ4v) is 3.58. The van der Waals surface area contributed by atoms with Crippen LogP contribution in [-0.2, 0) is 33.8 Å². The van der Waals surface area contributed by atoms with E-state index in [4.69, 9.17) is 0 Å². The molecule has 0 aliphatic carbocycles. The topological polar surface area (TPSA) is 66.5 Å². The lowest BCUT2D eigenvalue weighted by atomic mass is 9.92. The number of hydrogen-bond donors (Lipinski definition) is 1. The summed E-state index contributed by atoms with van der Waals surface area (Å²) in [6.07, 6.45) is 0.535. The first kappa shape index (κ1) is 18.1. The second-order valence-corrected chi connectivity index (χ2v) is 6.85. The Balaban J connectivity index is 1.68. The Bertz CT molecular complexity index is 848. The summed E-state index contributed by atoms with van der Waals surface area (Å²) in [5.41, 5.74) is 2.02. The summed E-state index contributed by atoms with van der Waals surface area (Å²) in [6, 6.07) is 18.3. The molecule has 2 atom stereocenters. The number of carbonyl (C=O) groups is 2. The van der Waals surface area contributed by atoms with Crippen LogP contribution in [0.15, 0.2) is 60.7 Å². The molecule has 2 aromatic rings. The van der Waals surface area contributed by atoms with Gasteiger partial charge >= 0.3 is 0 Å². The molecular formula is C20H20N2O3S. The molecule has 1 fully saturated rings. The number of nitrogens with one attached hydrogen (secondary N) is 1. The molecule has 0 radical (unpaired) electrons. The number of benzene rings is 2. The number of β-lactam (4-membered cyclic amide) rings is 1. The van der Waals surface area contributed by atoms with Crippen LogP contribution in [0.3, 0.4) is 0 Å². The van der Waals surface area contributed by atoms with Crippen molar-refractivity contribution >= 4 is 27.9 Å². The Labute approximate surface area is 156 Å². The summed E-state index contributed by atoms with van der Waals surface area (Å²) in [5.74, 6) is -0.566. The Morgan fingerprint density at radius 1 is 1.08 bits per heavy atom. The van der Waals surface area contributed by atoms with Crippen molar-refractivity contribution in [3.8, 4) is 0 Å². The van der Waals surface area contributed by atoms with Gasteiger partial charge in [-0.05, 0) is 24.5 Å². The summed E-state index contributed by atoms with van der Waals surface area (Å²) in [4.78, 5) is 26.6. The van der Waals surface area contributed by atoms with E-state index in [1.165, 1.54) is 4.90 Å². The Hall–Kier alpha value is -2.73. The minimum absolute atomic E-state index is 0.227. The van der Waals surface area contributed by atoms with Gasteiger partial charge in [-0.2, -0.15) is 0 Å². The number of carbonyl (C=O) groups excluding carboxylic acids is 2. The highest BCUT2D eigenvalue weighted by molar-refractivity contribution is 7.69. The van der Waals surface area contributed by atoms with E-state index < -0.39 is 6.04 Å². The lowest BCUT2D eigenvalue weighted by molar-refractivity contribution is -0.140. The molecule has 0 spiro atoms. The molecule has 1 aliphatic rings. The van der Waals surface area contributed by atoms with Crippen LogP contribution in [0.2, 0.25) is 0 Å². The van der Waals surface area contributed by atoms with Gasteiger partial charge in [0, 0.05) is 6.54 Å². The molecule has 1 heterocycles. The molecule has 5 nitrogen and oxygen atoms in total. The lowest BCUT2D eigenvalue weighted by Gasteiger charge is -2.44. The predicted octanol–water partition coefficient (Wildman–Crippen LogP) is 1.53. The zero-order chi connectivity index (χ0) is 18.5. The molecule has 134 valence electrons. The van der Waals surface area contributed by atoms with Crippen LogP contribution >= 0.6 is 0 Å². The van der Waals surface area contributed by atoms with Crippen LogP contribution in [0.5, 0.6) is 0 Å². The summed E-state index contributed by atoms with van der Waals surface area (Å²) in [5, 5.41) is 2.86. The molecule has 0 aromatic heterocycles. The van der Waals surface area contributed by atoms with E-state index in [-0.39, 0.29) is 34.0 Å². The third kappa shape index (κ3) is 3.75. The SMILES string of the molecule is CC(C(=O)NCc1ccccc1)N1C(=O)C(=S=O)C1Cc1ccccc1. The maximum atomic E-state index is 12.5. The van der Waals surface area contributed by atoms with Crippen LogP contribution < -0.4 is 5.32 Å². The number of hydrogen-bond acceptors (Lipinski definition) is 3. The van der Waals surface area contributed by atoms with E-state index >= 15 is 0 Å². The van der Waals surface area contributed by atoms with Crippen molar-refractivity contribution in [3.63, 3.8) is 0 Å². The van der Waals surface area contributed by atoms with Crippen LogP contribution in [0.25, 0.3) is 0 Å². The lowest BCUT2D eigenvalue weighted by Crippen LogP contribution is -2.68. The summed E-state index contributed by atoms with van der Waals surface area (Å²) in [7, 11) is 0. The zero-order valence-electron chi connectivity index (χ0n) is 14.4. The van der Waals surface area contributed by atoms with Crippen LogP contribution in [0.1, 0.15) is 18.1 Å². The van der Waals surface area contributed by atoms with Crippen molar-refractivity contribution in [1.82, 2.24) is 10.2 Å². The van der Waals surface area contributed by atoms with E-state index in [1.54, 1.807) is 6.92 Å². The smallest absolute Gasteiger partial charge is 0.266 e. The van der Waals surface area contributed by atoms with E-state index in [0.29, 0.717) is 13.0 Å². The Morgan fingerprint density at radius 2 is 1.65 bits per heavy atom. The second-order valence-electron chi connectivity index (χ2n) is 6.24. The third-order valence-corrected chi connectivity index (χ3v) is 5.18. The zero-order valence-corrected chi connectivity index (χ0v) is 15.2. The molecule has 2 aromatic carbocycles. The van der Waals surface area contributed by atoms with Crippen LogP contribution in [0.4, 0.5) is 0 Å². The molecule has 1 saturated heterocycles. The molecular weight excluding hydrogens is 348 g/mol. The third-order valence-electron chi connectivity index (χ3n) is 4.55. The standard InChI is InChI=1S/C20H20N2O3S/c1-14(19(23)21-13-16-10-6-3-7-11-16)22-17(18(26-25)20(22)24)12-15-8-4-2-5-9-15/h2-11,14,17H,12-13H2,1H3,(H,21,23). The van der Waals surface area contributed by atoms with Gasteiger partial charge in [0.15, 0.2) is 0 Å². The van der Waals surface area contributed by atoms with Crippen LogP contribution in [0, 0.1) is 0 Å². The minimum Gasteiger partial charge on any atom is -0.350 e. The second kappa shape index (κ2) is 8.10. The molecule has 2 amide bonds. The van der Waals surface area contributed by atoms with Crippen molar-refractivity contribution in [2.24, 2.45) is 0 Å². The van der Waals surface area contributed by atoms with Gasteiger partial charge in [0.25, 0.3) is 5.91 Å². The summed E-state index contributed by atoms with van der Waals surface area (Å²) in [6.45, 7) is 2.10. The number of nitrogens with zero attached hydrogens (tertiary/aromatic N) is 1. The maximum absolute atomic E-state index is 12.5. The number of likely N-dealkylation sites (tertiary alicyclic amines) is 1. The minimum atomic E-state index is -0.629. The number of rotatable bonds is 6. The summed E-state index contributed by atoms with van der Waals surface area (Å²) < 4.78 is 11.3. The van der Waals surface area contributed by atoms with Gasteiger partial charge in [-0.1, -0.05) is 60.7 Å². The van der Waals surface area contributed by atoms with Crippen molar-refractivity contribution in [2.45, 2.75) is 32.0 Å². The van der Waals surface area contributed by atoms with Gasteiger partial charge in [-0.25, -0.2) is 4.21 Å². The first-order chi connectivity index (χ1) is 12.6. The monoisotopic (exact) mass is 368 g/mol. The Kier molecular flexibility index (Phi) is 5.63. The van der Waals surface area contributed by atoms with E-state index in [9.17, 15) is 13.8 Å². The van der Waals surface area contributed by atoms with Gasteiger partial charge in [0.1, 0.15) is 22.2 Å². The van der Waals surface area contributed by atoms with Gasteiger partial charge < -0.3 is 10.2 Å². The maximum Gasteiger partial charge on any atom is 0.266 e. The average molecular weight is 368 g/mol. The largest absolute Gasteiger partial charge is 0.350 e. The predicted molar refractivity (Wildman–Crippen MR) is 102 cm³/mol. The van der Waals surface area contributed by atoms with Gasteiger partial charge in [-0.15, -0.1) is 0 Å².